The van der Waals surface area contributed by atoms with E-state index in [1.165, 1.54) is 0 Å². The van der Waals surface area contributed by atoms with Crippen LogP contribution in [0.4, 0.5) is 11.4 Å². The van der Waals surface area contributed by atoms with Gasteiger partial charge in [-0.3, -0.25) is 29.3 Å². The summed E-state index contributed by atoms with van der Waals surface area (Å²) in [5, 5.41) is 12.3. The maximum Gasteiger partial charge on any atom is 0.255 e. The minimum atomic E-state index is -0.645. The van der Waals surface area contributed by atoms with Gasteiger partial charge in [0.1, 0.15) is 11.8 Å². The first kappa shape index (κ1) is 34.4. The molecule has 3 aliphatic heterocycles. The Labute approximate surface area is 304 Å². The van der Waals surface area contributed by atoms with Gasteiger partial charge in [-0.15, -0.1) is 0 Å². The number of benzene rings is 2. The number of fused-ring (bicyclic) bond motifs is 6. The van der Waals surface area contributed by atoms with E-state index in [0.29, 0.717) is 61.6 Å². The zero-order chi connectivity index (χ0) is 36.2. The maximum atomic E-state index is 13.9. The molecule has 4 fully saturated rings. The number of amides is 5. The first-order chi connectivity index (χ1) is 25.0. The average molecular weight is 708 g/mol. The van der Waals surface area contributed by atoms with Crippen LogP contribution >= 0.6 is 0 Å². The lowest BCUT2D eigenvalue weighted by Gasteiger charge is -2.58. The number of nitrogens with one attached hydrogen (secondary N) is 4. The van der Waals surface area contributed by atoms with Crippen LogP contribution < -0.4 is 26.0 Å². The van der Waals surface area contributed by atoms with Gasteiger partial charge in [-0.05, 0) is 105 Å². The topological polar surface area (TPSA) is 146 Å². The van der Waals surface area contributed by atoms with E-state index in [9.17, 15) is 24.0 Å². The minimum Gasteiger partial charge on any atom is -0.493 e. The Hall–Kier alpha value is -4.67. The predicted molar refractivity (Wildman–Crippen MR) is 195 cm³/mol. The minimum absolute atomic E-state index is 0.0155. The molecule has 2 aromatic carbocycles. The molecule has 11 nitrogen and oxygen atoms in total. The molecule has 1 unspecified atom stereocenters. The van der Waals surface area contributed by atoms with Crippen LogP contribution in [-0.4, -0.2) is 59.7 Å². The molecular weight excluding hydrogens is 658 g/mol. The summed E-state index contributed by atoms with van der Waals surface area (Å²) in [6.45, 7) is 6.08. The van der Waals surface area contributed by atoms with Crippen LogP contribution in [0.3, 0.4) is 0 Å². The van der Waals surface area contributed by atoms with Crippen molar-refractivity contribution in [3.63, 3.8) is 0 Å². The molecule has 8 atom stereocenters. The fraction of sp³-hybridized carbons (Fsp3) is 0.537. The molecule has 3 aliphatic carbocycles. The van der Waals surface area contributed by atoms with Gasteiger partial charge in [0.15, 0.2) is 0 Å². The maximum absolute atomic E-state index is 13.9. The molecule has 2 aromatic rings. The molecule has 0 aromatic heterocycles. The summed E-state index contributed by atoms with van der Waals surface area (Å²) in [5.74, 6) is 1.48. The summed E-state index contributed by atoms with van der Waals surface area (Å²) < 4.78 is 6.09. The van der Waals surface area contributed by atoms with E-state index in [0.717, 1.165) is 55.5 Å². The highest BCUT2D eigenvalue weighted by Crippen LogP contribution is 2.65. The molecule has 5 amide bonds. The van der Waals surface area contributed by atoms with Gasteiger partial charge in [0.25, 0.3) is 5.91 Å². The lowest BCUT2D eigenvalue weighted by molar-refractivity contribution is -0.137. The van der Waals surface area contributed by atoms with Crippen LogP contribution in [0.2, 0.25) is 0 Å². The second-order valence-electron chi connectivity index (χ2n) is 16.3. The number of rotatable bonds is 9. The first-order valence-electron chi connectivity index (χ1n) is 19.1. The van der Waals surface area contributed by atoms with Crippen molar-refractivity contribution in [1.82, 2.24) is 15.5 Å². The fourth-order valence-corrected chi connectivity index (χ4v) is 10.9. The third-order valence-electron chi connectivity index (χ3n) is 13.6. The standard InChI is InChI=1S/C41H49N5O6/c1-40-18-16-30-27(10-14-34-41(30,2)19-17-36(48)44-34)29(40)11-12-31(40)37(49)43-24-6-3-7-25(22-24)52-21-5-20-42-32-9-4-8-26-28(32)23-46(39(26)51)33-13-15-35(47)45-38(33)50/h3-4,6-9,17,19,22,27,29-31,33-34,42H,5,10-16,18,20-21,23H2,1-2H3,(H,43,49)(H,44,48)(H,45,47,50)/t27-,29-,30-,31+,33?,34+,40-,41+/m0/s1. The number of ether oxygens (including phenoxy) is 1. The summed E-state index contributed by atoms with van der Waals surface area (Å²) in [6.07, 6.45) is 11.4. The van der Waals surface area contributed by atoms with E-state index >= 15 is 0 Å². The van der Waals surface area contributed by atoms with Crippen molar-refractivity contribution in [3.8, 4) is 5.75 Å². The van der Waals surface area contributed by atoms with Gasteiger partial charge >= 0.3 is 0 Å². The third kappa shape index (κ3) is 5.95. The molecular formula is C41H49N5O6. The predicted octanol–water partition coefficient (Wildman–Crippen LogP) is 5.18. The van der Waals surface area contributed by atoms with Gasteiger partial charge in [-0.2, -0.15) is 0 Å². The number of nitrogens with zero attached hydrogens (tertiary/aromatic N) is 1. The highest BCUT2D eigenvalue weighted by molar-refractivity contribution is 6.06. The van der Waals surface area contributed by atoms with E-state index in [4.69, 9.17) is 4.74 Å². The molecule has 0 spiro atoms. The van der Waals surface area contributed by atoms with E-state index in [2.05, 4.69) is 41.2 Å². The summed E-state index contributed by atoms with van der Waals surface area (Å²) in [5.41, 5.74) is 2.97. The number of carbonyl (C=O) groups is 5. The van der Waals surface area contributed by atoms with E-state index in [1.807, 2.05) is 36.4 Å². The molecule has 0 bridgehead atoms. The summed E-state index contributed by atoms with van der Waals surface area (Å²) in [7, 11) is 0. The van der Waals surface area contributed by atoms with Gasteiger partial charge in [0, 0.05) is 65.5 Å². The smallest absolute Gasteiger partial charge is 0.255 e. The Morgan fingerprint density at radius 3 is 2.67 bits per heavy atom. The van der Waals surface area contributed by atoms with E-state index in [-0.39, 0.29) is 52.8 Å². The molecule has 3 saturated carbocycles. The lowest BCUT2D eigenvalue weighted by atomic mass is 9.48. The summed E-state index contributed by atoms with van der Waals surface area (Å²) >= 11 is 0. The van der Waals surface area contributed by atoms with E-state index < -0.39 is 11.9 Å². The highest BCUT2D eigenvalue weighted by Gasteiger charge is 2.61. The van der Waals surface area contributed by atoms with Crippen LogP contribution in [0.5, 0.6) is 5.75 Å². The van der Waals surface area contributed by atoms with Gasteiger partial charge in [-0.1, -0.05) is 32.1 Å². The van der Waals surface area contributed by atoms with Gasteiger partial charge < -0.3 is 25.6 Å². The van der Waals surface area contributed by atoms with Crippen molar-refractivity contribution in [2.75, 3.05) is 23.8 Å². The quantitative estimate of drug-likeness (QED) is 0.208. The Bertz CT molecular complexity index is 1840. The third-order valence-corrected chi connectivity index (χ3v) is 13.6. The van der Waals surface area contributed by atoms with Crippen molar-refractivity contribution < 1.29 is 28.7 Å². The number of hydrogen-bond acceptors (Lipinski definition) is 7. The van der Waals surface area contributed by atoms with Gasteiger partial charge in [0.05, 0.1) is 6.61 Å². The zero-order valence-corrected chi connectivity index (χ0v) is 30.0. The SMILES string of the molecule is C[C@]12C=CC(=O)N[C@@H]1CC[C@@H]1[C@@H]2CC[C@]2(C)[C@@H](C(=O)Nc3cccc(OCCCNc4cccc5c4CN(C4CCC(=O)NC4=O)C5=O)c3)CC[C@@H]12. The Balaban J connectivity index is 0.831. The largest absolute Gasteiger partial charge is 0.493 e. The first-order valence-corrected chi connectivity index (χ1v) is 19.1. The number of anilines is 2. The van der Waals surface area contributed by atoms with E-state index in [1.54, 1.807) is 17.0 Å². The van der Waals surface area contributed by atoms with Gasteiger partial charge in [0.2, 0.25) is 23.6 Å². The monoisotopic (exact) mass is 707 g/mol. The molecule has 52 heavy (non-hydrogen) atoms. The summed E-state index contributed by atoms with van der Waals surface area (Å²) in [6, 6.07) is 12.7. The number of imide groups is 1. The zero-order valence-electron chi connectivity index (χ0n) is 30.0. The van der Waals surface area contributed by atoms with Crippen LogP contribution in [0, 0.1) is 34.5 Å². The van der Waals surface area contributed by atoms with Crippen molar-refractivity contribution >= 4 is 40.9 Å². The molecule has 0 radical (unpaired) electrons. The van der Waals surface area contributed by atoms with Crippen molar-refractivity contribution in [2.45, 2.75) is 90.3 Å². The molecule has 4 N–H and O–H groups in total. The molecule has 274 valence electrons. The molecule has 6 aliphatic rings. The molecule has 11 heteroatoms. The average Bonchev–Trinajstić information content (AvgIpc) is 3.65. The lowest BCUT2D eigenvalue weighted by Crippen LogP contribution is -2.59. The fourth-order valence-electron chi connectivity index (χ4n) is 10.9. The van der Waals surface area contributed by atoms with Crippen LogP contribution in [0.15, 0.2) is 54.6 Å². The summed E-state index contributed by atoms with van der Waals surface area (Å²) in [4.78, 5) is 64.7. The van der Waals surface area contributed by atoms with Crippen LogP contribution in [0.25, 0.3) is 0 Å². The molecule has 3 heterocycles. The Morgan fingerprint density at radius 2 is 1.83 bits per heavy atom. The molecule has 8 rings (SSSR count). The Morgan fingerprint density at radius 1 is 0.981 bits per heavy atom. The highest BCUT2D eigenvalue weighted by atomic mass is 16.5. The number of piperidine rings is 1. The Kier molecular flexibility index (Phi) is 8.86. The van der Waals surface area contributed by atoms with Crippen LogP contribution in [-0.2, 0) is 25.7 Å². The molecule has 1 saturated heterocycles. The number of hydrogen-bond donors (Lipinski definition) is 4. The van der Waals surface area contributed by atoms with Crippen molar-refractivity contribution in [2.24, 2.45) is 34.5 Å². The second kappa shape index (κ2) is 13.4. The normalized spacial score (nSPS) is 33.3. The van der Waals surface area contributed by atoms with Crippen molar-refractivity contribution in [1.29, 1.82) is 0 Å². The van der Waals surface area contributed by atoms with Crippen molar-refractivity contribution in [3.05, 3.63) is 65.7 Å². The van der Waals surface area contributed by atoms with Crippen LogP contribution in [0.1, 0.15) is 87.6 Å². The second-order valence-corrected chi connectivity index (χ2v) is 16.3. The van der Waals surface area contributed by atoms with Gasteiger partial charge in [-0.25, -0.2) is 0 Å². The number of carbonyl (C=O) groups excluding carboxylic acids is 5.